The van der Waals surface area contributed by atoms with Gasteiger partial charge < -0.3 is 19.2 Å². The Kier molecular flexibility index (Phi) is 5.94. The Balaban J connectivity index is 1.24. The van der Waals surface area contributed by atoms with Crippen LogP contribution in [0.2, 0.25) is 0 Å². The molecular formula is C26H23N5O3. The molecular weight excluding hydrogens is 430 g/mol. The molecule has 0 aliphatic heterocycles. The molecule has 0 spiro atoms. The van der Waals surface area contributed by atoms with E-state index in [2.05, 4.69) is 15.4 Å². The van der Waals surface area contributed by atoms with Crippen molar-refractivity contribution >= 4 is 17.2 Å². The van der Waals surface area contributed by atoms with Crippen LogP contribution >= 0.6 is 0 Å². The molecule has 0 saturated carbocycles. The van der Waals surface area contributed by atoms with Crippen molar-refractivity contribution in [2.75, 3.05) is 12.4 Å². The summed E-state index contributed by atoms with van der Waals surface area (Å²) in [6, 6.07) is 20.9. The predicted molar refractivity (Wildman–Crippen MR) is 128 cm³/mol. The average molecular weight is 454 g/mol. The second kappa shape index (κ2) is 9.50. The third kappa shape index (κ3) is 4.75. The molecule has 0 atom stereocenters. The molecule has 0 aliphatic rings. The van der Waals surface area contributed by atoms with Crippen molar-refractivity contribution < 1.29 is 14.3 Å². The zero-order valence-electron chi connectivity index (χ0n) is 18.6. The van der Waals surface area contributed by atoms with Crippen LogP contribution in [-0.2, 0) is 17.8 Å². The van der Waals surface area contributed by atoms with Crippen molar-refractivity contribution in [3.63, 3.8) is 0 Å². The first-order valence-electron chi connectivity index (χ1n) is 10.8. The molecule has 3 aromatic heterocycles. The number of carbonyl (C=O) groups is 1. The van der Waals surface area contributed by atoms with Gasteiger partial charge in [0.15, 0.2) is 11.5 Å². The lowest BCUT2D eigenvalue weighted by atomic mass is 10.2. The Morgan fingerprint density at radius 3 is 2.68 bits per heavy atom. The third-order valence-electron chi connectivity index (χ3n) is 5.26. The van der Waals surface area contributed by atoms with Gasteiger partial charge in [-0.05, 0) is 42.0 Å². The molecule has 3 heterocycles. The lowest BCUT2D eigenvalue weighted by molar-refractivity contribution is -0.115. The van der Waals surface area contributed by atoms with Crippen molar-refractivity contribution in [2.24, 2.45) is 0 Å². The molecule has 5 aromatic rings. The maximum absolute atomic E-state index is 12.6. The van der Waals surface area contributed by atoms with Crippen LogP contribution < -0.4 is 14.8 Å². The van der Waals surface area contributed by atoms with Gasteiger partial charge in [-0.1, -0.05) is 24.3 Å². The molecule has 0 radical (unpaired) electrons. The molecule has 5 rings (SSSR count). The molecule has 34 heavy (non-hydrogen) atoms. The number of amides is 1. The summed E-state index contributed by atoms with van der Waals surface area (Å²) in [4.78, 5) is 17.2. The van der Waals surface area contributed by atoms with Crippen LogP contribution in [0.3, 0.4) is 0 Å². The highest BCUT2D eigenvalue weighted by molar-refractivity contribution is 5.92. The average Bonchev–Trinajstić information content (AvgIpc) is 3.50. The molecule has 1 amide bonds. The molecule has 1 N–H and O–H groups in total. The summed E-state index contributed by atoms with van der Waals surface area (Å²) >= 11 is 0. The van der Waals surface area contributed by atoms with Crippen molar-refractivity contribution in [3.05, 3.63) is 103 Å². The fourth-order valence-corrected chi connectivity index (χ4v) is 3.64. The van der Waals surface area contributed by atoms with Gasteiger partial charge in [0.2, 0.25) is 5.91 Å². The van der Waals surface area contributed by atoms with Gasteiger partial charge in [-0.15, -0.1) is 0 Å². The quantitative estimate of drug-likeness (QED) is 0.379. The second-order valence-electron chi connectivity index (χ2n) is 7.71. The van der Waals surface area contributed by atoms with Crippen LogP contribution in [-0.4, -0.2) is 32.2 Å². The Morgan fingerprint density at radius 1 is 1.00 bits per heavy atom. The number of imidazole rings is 1. The number of hydrogen-bond acceptors (Lipinski definition) is 5. The standard InChI is InChI=1S/C26H23N5O3/c1-33-23-11-10-20(14-24(23)34-18-21-17-30-12-6-5-9-25(30)28-21)29-26(32)13-19-15-27-31(16-19)22-7-3-2-4-8-22/h2-12,14-17H,13,18H2,1H3,(H,29,32). The first kappa shape index (κ1) is 21.3. The number of aromatic nitrogens is 4. The number of methoxy groups -OCH3 is 1. The van der Waals surface area contributed by atoms with Crippen molar-refractivity contribution in [1.29, 1.82) is 0 Å². The number of nitrogens with one attached hydrogen (secondary N) is 1. The second-order valence-corrected chi connectivity index (χ2v) is 7.71. The SMILES string of the molecule is COc1ccc(NC(=O)Cc2cnn(-c3ccccc3)c2)cc1OCc1cn2ccccc2n1. The first-order valence-corrected chi connectivity index (χ1v) is 10.8. The zero-order chi connectivity index (χ0) is 23.3. The van der Waals surface area contributed by atoms with E-state index >= 15 is 0 Å². The van der Waals surface area contributed by atoms with Gasteiger partial charge in [0.1, 0.15) is 12.3 Å². The summed E-state index contributed by atoms with van der Waals surface area (Å²) in [5, 5.41) is 7.26. The van der Waals surface area contributed by atoms with Gasteiger partial charge in [-0.3, -0.25) is 4.79 Å². The maximum atomic E-state index is 12.6. The first-order chi connectivity index (χ1) is 16.7. The van der Waals surface area contributed by atoms with Gasteiger partial charge >= 0.3 is 0 Å². The van der Waals surface area contributed by atoms with E-state index in [9.17, 15) is 4.79 Å². The summed E-state index contributed by atoms with van der Waals surface area (Å²) in [5.41, 5.74) is 4.02. The number of para-hydroxylation sites is 1. The molecule has 0 saturated heterocycles. The van der Waals surface area contributed by atoms with Crippen LogP contribution in [0.4, 0.5) is 5.69 Å². The highest BCUT2D eigenvalue weighted by Crippen LogP contribution is 2.31. The Hall–Kier alpha value is -4.59. The van der Waals surface area contributed by atoms with Gasteiger partial charge in [0, 0.05) is 30.3 Å². The monoisotopic (exact) mass is 453 g/mol. The Labute approximate surface area is 196 Å². The van der Waals surface area contributed by atoms with Crippen molar-refractivity contribution in [1.82, 2.24) is 19.2 Å². The number of nitrogens with zero attached hydrogens (tertiary/aromatic N) is 4. The summed E-state index contributed by atoms with van der Waals surface area (Å²) in [5.74, 6) is 0.948. The van der Waals surface area contributed by atoms with Gasteiger partial charge in [-0.25, -0.2) is 9.67 Å². The van der Waals surface area contributed by atoms with Crippen LogP contribution in [0.15, 0.2) is 91.5 Å². The maximum Gasteiger partial charge on any atom is 0.228 e. The summed E-state index contributed by atoms with van der Waals surface area (Å²) in [6.07, 6.45) is 7.61. The molecule has 0 fully saturated rings. The number of pyridine rings is 1. The highest BCUT2D eigenvalue weighted by atomic mass is 16.5. The summed E-state index contributed by atoms with van der Waals surface area (Å²) in [6.45, 7) is 0.272. The number of anilines is 1. The van der Waals surface area contributed by atoms with E-state index in [1.54, 1.807) is 36.2 Å². The molecule has 0 unspecified atom stereocenters. The van der Waals surface area contributed by atoms with Crippen molar-refractivity contribution in [3.8, 4) is 17.2 Å². The Bertz CT molecular complexity index is 1390. The van der Waals surface area contributed by atoms with E-state index in [-0.39, 0.29) is 18.9 Å². The topological polar surface area (TPSA) is 82.7 Å². The van der Waals surface area contributed by atoms with E-state index in [1.807, 2.05) is 71.5 Å². The van der Waals surface area contributed by atoms with Crippen molar-refractivity contribution in [2.45, 2.75) is 13.0 Å². The van der Waals surface area contributed by atoms with Gasteiger partial charge in [-0.2, -0.15) is 5.10 Å². The largest absolute Gasteiger partial charge is 0.493 e. The highest BCUT2D eigenvalue weighted by Gasteiger charge is 2.11. The number of hydrogen-bond donors (Lipinski definition) is 1. The Morgan fingerprint density at radius 2 is 1.85 bits per heavy atom. The minimum atomic E-state index is -0.149. The van der Waals surface area contributed by atoms with Crippen LogP contribution in [0.25, 0.3) is 11.3 Å². The molecule has 170 valence electrons. The van der Waals surface area contributed by atoms with Crippen LogP contribution in [0.5, 0.6) is 11.5 Å². The normalized spacial score (nSPS) is 10.9. The number of benzene rings is 2. The molecule has 0 bridgehead atoms. The van der Waals surface area contributed by atoms with E-state index in [0.29, 0.717) is 17.2 Å². The van der Waals surface area contributed by atoms with E-state index in [0.717, 1.165) is 22.6 Å². The van der Waals surface area contributed by atoms with Gasteiger partial charge in [0.05, 0.1) is 31.1 Å². The minimum Gasteiger partial charge on any atom is -0.493 e. The molecule has 0 aliphatic carbocycles. The number of rotatable bonds is 8. The van der Waals surface area contributed by atoms with E-state index in [1.165, 1.54) is 0 Å². The number of fused-ring (bicyclic) bond motifs is 1. The fourth-order valence-electron chi connectivity index (χ4n) is 3.64. The molecule has 8 heteroatoms. The number of carbonyl (C=O) groups excluding carboxylic acids is 1. The summed E-state index contributed by atoms with van der Waals surface area (Å²) < 4.78 is 15.1. The lowest BCUT2D eigenvalue weighted by Crippen LogP contribution is -2.14. The van der Waals surface area contributed by atoms with Crippen LogP contribution in [0.1, 0.15) is 11.3 Å². The smallest absolute Gasteiger partial charge is 0.228 e. The molecule has 8 nitrogen and oxygen atoms in total. The third-order valence-corrected chi connectivity index (χ3v) is 5.26. The van der Waals surface area contributed by atoms with Crippen LogP contribution in [0, 0.1) is 0 Å². The zero-order valence-corrected chi connectivity index (χ0v) is 18.6. The van der Waals surface area contributed by atoms with E-state index in [4.69, 9.17) is 9.47 Å². The van der Waals surface area contributed by atoms with E-state index < -0.39 is 0 Å². The van der Waals surface area contributed by atoms with Gasteiger partial charge in [0.25, 0.3) is 0 Å². The predicted octanol–water partition coefficient (Wildman–Crippen LogP) is 4.29. The fraction of sp³-hybridized carbons (Fsp3) is 0.115. The minimum absolute atomic E-state index is 0.149. The lowest BCUT2D eigenvalue weighted by Gasteiger charge is -2.12. The summed E-state index contributed by atoms with van der Waals surface area (Å²) in [7, 11) is 1.58. The number of ether oxygens (including phenoxy) is 2. The molecule has 2 aromatic carbocycles.